The standard InChI is InChI=1S/C13H20N2O3/c1-13(2,10-16)14(3)9-8-11-6-4-5-7-12(11)15(17)18/h4-7,16H,8-10H2,1-3H3. The number of aliphatic hydroxyl groups is 1. The van der Waals surface area contributed by atoms with E-state index in [2.05, 4.69) is 0 Å². The van der Waals surface area contributed by atoms with Crippen molar-refractivity contribution in [3.8, 4) is 0 Å². The van der Waals surface area contributed by atoms with Crippen molar-refractivity contribution in [3.63, 3.8) is 0 Å². The minimum atomic E-state index is -0.355. The molecular formula is C13H20N2O3. The van der Waals surface area contributed by atoms with Gasteiger partial charge in [-0.2, -0.15) is 0 Å². The van der Waals surface area contributed by atoms with Gasteiger partial charge in [0.15, 0.2) is 0 Å². The molecule has 5 nitrogen and oxygen atoms in total. The lowest BCUT2D eigenvalue weighted by molar-refractivity contribution is -0.385. The molecule has 1 N–H and O–H groups in total. The van der Waals surface area contributed by atoms with Crippen molar-refractivity contribution < 1.29 is 10.0 Å². The lowest BCUT2D eigenvalue weighted by Crippen LogP contribution is -2.45. The number of para-hydroxylation sites is 1. The van der Waals surface area contributed by atoms with Crippen LogP contribution in [0.1, 0.15) is 19.4 Å². The summed E-state index contributed by atoms with van der Waals surface area (Å²) in [6.07, 6.45) is 0.594. The first-order chi connectivity index (χ1) is 8.38. The fourth-order valence-electron chi connectivity index (χ4n) is 1.61. The number of aliphatic hydroxyl groups excluding tert-OH is 1. The highest BCUT2D eigenvalue weighted by Gasteiger charge is 2.22. The lowest BCUT2D eigenvalue weighted by atomic mass is 10.0. The van der Waals surface area contributed by atoms with E-state index >= 15 is 0 Å². The highest BCUT2D eigenvalue weighted by atomic mass is 16.6. The van der Waals surface area contributed by atoms with Gasteiger partial charge in [0.25, 0.3) is 5.69 Å². The molecule has 1 aromatic carbocycles. The third kappa shape index (κ3) is 3.51. The van der Waals surface area contributed by atoms with Gasteiger partial charge < -0.3 is 5.11 Å². The summed E-state index contributed by atoms with van der Waals surface area (Å²) in [5.74, 6) is 0. The summed E-state index contributed by atoms with van der Waals surface area (Å²) < 4.78 is 0. The van der Waals surface area contributed by atoms with E-state index in [-0.39, 0.29) is 22.8 Å². The van der Waals surface area contributed by atoms with Crippen LogP contribution >= 0.6 is 0 Å². The molecule has 1 rings (SSSR count). The van der Waals surface area contributed by atoms with E-state index in [1.807, 2.05) is 25.8 Å². The second kappa shape index (κ2) is 5.93. The van der Waals surface area contributed by atoms with Gasteiger partial charge in [-0.25, -0.2) is 0 Å². The zero-order chi connectivity index (χ0) is 13.8. The molecule has 0 aliphatic carbocycles. The molecule has 18 heavy (non-hydrogen) atoms. The Morgan fingerprint density at radius 3 is 2.56 bits per heavy atom. The summed E-state index contributed by atoms with van der Waals surface area (Å²) in [5, 5.41) is 20.1. The summed E-state index contributed by atoms with van der Waals surface area (Å²) >= 11 is 0. The van der Waals surface area contributed by atoms with Crippen LogP contribution in [0.25, 0.3) is 0 Å². The van der Waals surface area contributed by atoms with Crippen molar-refractivity contribution in [2.45, 2.75) is 25.8 Å². The first kappa shape index (κ1) is 14.6. The predicted molar refractivity (Wildman–Crippen MR) is 70.6 cm³/mol. The first-order valence-corrected chi connectivity index (χ1v) is 5.93. The van der Waals surface area contributed by atoms with Crippen LogP contribution in [-0.4, -0.2) is 40.7 Å². The van der Waals surface area contributed by atoms with E-state index < -0.39 is 0 Å². The molecule has 100 valence electrons. The average Bonchev–Trinajstić information content (AvgIpc) is 2.36. The quantitative estimate of drug-likeness (QED) is 0.619. The average molecular weight is 252 g/mol. The number of nitro groups is 1. The second-order valence-corrected chi connectivity index (χ2v) is 5.03. The number of hydrogen-bond donors (Lipinski definition) is 1. The Morgan fingerprint density at radius 1 is 1.39 bits per heavy atom. The topological polar surface area (TPSA) is 66.6 Å². The van der Waals surface area contributed by atoms with Gasteiger partial charge >= 0.3 is 0 Å². The van der Waals surface area contributed by atoms with Crippen molar-refractivity contribution in [2.24, 2.45) is 0 Å². The molecule has 0 spiro atoms. The van der Waals surface area contributed by atoms with Crippen LogP contribution in [0.3, 0.4) is 0 Å². The summed E-state index contributed by atoms with van der Waals surface area (Å²) in [6.45, 7) is 4.59. The molecule has 0 amide bonds. The zero-order valence-electron chi connectivity index (χ0n) is 11.1. The van der Waals surface area contributed by atoms with Crippen LogP contribution in [0.15, 0.2) is 24.3 Å². The second-order valence-electron chi connectivity index (χ2n) is 5.03. The number of benzene rings is 1. The molecule has 0 saturated heterocycles. The monoisotopic (exact) mass is 252 g/mol. The third-order valence-corrected chi connectivity index (χ3v) is 3.33. The van der Waals surface area contributed by atoms with E-state index in [1.165, 1.54) is 6.07 Å². The number of rotatable bonds is 6. The summed E-state index contributed by atoms with van der Waals surface area (Å²) in [5.41, 5.74) is 0.569. The van der Waals surface area contributed by atoms with Gasteiger partial charge in [-0.05, 0) is 27.3 Å². The Hall–Kier alpha value is -1.46. The first-order valence-electron chi connectivity index (χ1n) is 5.93. The van der Waals surface area contributed by atoms with Gasteiger partial charge in [0, 0.05) is 23.7 Å². The van der Waals surface area contributed by atoms with Crippen LogP contribution in [0.5, 0.6) is 0 Å². The van der Waals surface area contributed by atoms with Gasteiger partial charge in [0.1, 0.15) is 0 Å². The maximum atomic E-state index is 10.9. The molecule has 0 heterocycles. The smallest absolute Gasteiger partial charge is 0.272 e. The Bertz CT molecular complexity index is 418. The molecule has 0 aromatic heterocycles. The number of likely N-dealkylation sites (N-methyl/N-ethyl adjacent to an activating group) is 1. The maximum Gasteiger partial charge on any atom is 0.272 e. The molecule has 0 unspecified atom stereocenters. The predicted octanol–water partition coefficient (Wildman–Crippen LogP) is 1.84. The van der Waals surface area contributed by atoms with Crippen LogP contribution in [0.4, 0.5) is 5.69 Å². The molecule has 0 bridgehead atoms. The van der Waals surface area contributed by atoms with Crippen LogP contribution in [0.2, 0.25) is 0 Å². The third-order valence-electron chi connectivity index (χ3n) is 3.33. The van der Waals surface area contributed by atoms with Gasteiger partial charge in [-0.3, -0.25) is 15.0 Å². The molecule has 1 aromatic rings. The SMILES string of the molecule is CN(CCc1ccccc1[N+](=O)[O-])C(C)(C)CO. The minimum Gasteiger partial charge on any atom is -0.394 e. The Morgan fingerprint density at radius 2 is 2.00 bits per heavy atom. The summed E-state index contributed by atoms with van der Waals surface area (Å²) in [7, 11) is 1.91. The van der Waals surface area contributed by atoms with Gasteiger partial charge in [-0.15, -0.1) is 0 Å². The van der Waals surface area contributed by atoms with E-state index in [4.69, 9.17) is 0 Å². The minimum absolute atomic E-state index is 0.0559. The van der Waals surface area contributed by atoms with Crippen molar-refractivity contribution in [3.05, 3.63) is 39.9 Å². The fraction of sp³-hybridized carbons (Fsp3) is 0.538. The molecule has 0 radical (unpaired) electrons. The molecule has 0 fully saturated rings. The van der Waals surface area contributed by atoms with E-state index in [1.54, 1.807) is 18.2 Å². The maximum absolute atomic E-state index is 10.9. The van der Waals surface area contributed by atoms with Crippen LogP contribution in [0, 0.1) is 10.1 Å². The van der Waals surface area contributed by atoms with Gasteiger partial charge in [0.05, 0.1) is 11.5 Å². The molecular weight excluding hydrogens is 232 g/mol. The highest BCUT2D eigenvalue weighted by molar-refractivity contribution is 5.39. The van der Waals surface area contributed by atoms with Crippen molar-refractivity contribution >= 4 is 5.69 Å². The number of nitro benzene ring substituents is 1. The molecule has 5 heteroatoms. The van der Waals surface area contributed by atoms with Crippen molar-refractivity contribution in [1.29, 1.82) is 0 Å². The number of hydrogen-bond acceptors (Lipinski definition) is 4. The molecule has 0 aliphatic heterocycles. The van der Waals surface area contributed by atoms with Gasteiger partial charge in [-0.1, -0.05) is 18.2 Å². The normalized spacial score (nSPS) is 11.8. The Balaban J connectivity index is 2.72. The lowest BCUT2D eigenvalue weighted by Gasteiger charge is -2.33. The van der Waals surface area contributed by atoms with Crippen molar-refractivity contribution in [1.82, 2.24) is 4.90 Å². The fourth-order valence-corrected chi connectivity index (χ4v) is 1.61. The molecule has 0 atom stereocenters. The van der Waals surface area contributed by atoms with Crippen LogP contribution in [-0.2, 0) is 6.42 Å². The largest absolute Gasteiger partial charge is 0.394 e. The zero-order valence-corrected chi connectivity index (χ0v) is 11.1. The van der Waals surface area contributed by atoms with Crippen LogP contribution < -0.4 is 0 Å². The molecule has 0 saturated carbocycles. The van der Waals surface area contributed by atoms with E-state index in [0.29, 0.717) is 13.0 Å². The Kier molecular flexibility index (Phi) is 4.81. The van der Waals surface area contributed by atoms with Gasteiger partial charge in [0.2, 0.25) is 0 Å². The Labute approximate surface area is 107 Å². The summed E-state index contributed by atoms with van der Waals surface area (Å²) in [4.78, 5) is 12.5. The van der Waals surface area contributed by atoms with E-state index in [9.17, 15) is 15.2 Å². The highest BCUT2D eigenvalue weighted by Crippen LogP contribution is 2.19. The molecule has 0 aliphatic rings. The van der Waals surface area contributed by atoms with Crippen molar-refractivity contribution in [2.75, 3.05) is 20.2 Å². The number of nitrogens with zero attached hydrogens (tertiary/aromatic N) is 2. The summed E-state index contributed by atoms with van der Waals surface area (Å²) in [6, 6.07) is 6.77. The van der Waals surface area contributed by atoms with E-state index in [0.717, 1.165) is 5.56 Å².